The zero-order valence-corrected chi connectivity index (χ0v) is 19.6. The number of hydrogen-bond acceptors (Lipinski definition) is 5. The summed E-state index contributed by atoms with van der Waals surface area (Å²) in [7, 11) is 1.59. The molecule has 2 aromatic heterocycles. The first-order valence-electron chi connectivity index (χ1n) is 11.7. The first-order chi connectivity index (χ1) is 16.6. The summed E-state index contributed by atoms with van der Waals surface area (Å²) in [5.74, 6) is 1.09. The van der Waals surface area contributed by atoms with Gasteiger partial charge in [0.25, 0.3) is 5.56 Å². The van der Waals surface area contributed by atoms with Crippen LogP contribution < -0.4 is 15.2 Å². The number of aromatic nitrogens is 3. The van der Waals surface area contributed by atoms with Crippen molar-refractivity contribution in [1.29, 1.82) is 0 Å². The fourth-order valence-corrected chi connectivity index (χ4v) is 4.47. The van der Waals surface area contributed by atoms with E-state index in [0.29, 0.717) is 22.6 Å². The number of hydrogen-bond donors (Lipinski definition) is 0. The molecular weight excluding hydrogens is 424 g/mol. The lowest BCUT2D eigenvalue weighted by atomic mass is 10.1. The Morgan fingerprint density at radius 3 is 2.50 bits per heavy atom. The van der Waals surface area contributed by atoms with Gasteiger partial charge in [-0.3, -0.25) is 9.36 Å². The Morgan fingerprint density at radius 1 is 0.882 bits per heavy atom. The van der Waals surface area contributed by atoms with Crippen LogP contribution in [0.25, 0.3) is 28.7 Å². The molecule has 1 aliphatic rings. The number of nitrogens with zero attached hydrogens (tertiary/aromatic N) is 4. The monoisotopic (exact) mass is 452 g/mol. The van der Waals surface area contributed by atoms with Gasteiger partial charge in [0.05, 0.1) is 29.4 Å². The van der Waals surface area contributed by atoms with Crippen LogP contribution in [-0.2, 0) is 0 Å². The molecule has 34 heavy (non-hydrogen) atoms. The minimum atomic E-state index is -0.0762. The lowest BCUT2D eigenvalue weighted by Gasteiger charge is -2.29. The SMILES string of the molecule is COc1cccc(/C=C/c2nc3ccc(N4CCCCC4)cc3c(=O)n2-c2cccc(C)c2)n1. The molecule has 1 aliphatic heterocycles. The number of rotatable bonds is 5. The maximum absolute atomic E-state index is 13.8. The number of fused-ring (bicyclic) bond motifs is 1. The lowest BCUT2D eigenvalue weighted by molar-refractivity contribution is 0.397. The van der Waals surface area contributed by atoms with Crippen LogP contribution in [0.15, 0.2) is 65.5 Å². The van der Waals surface area contributed by atoms with E-state index in [1.807, 2.05) is 67.6 Å². The summed E-state index contributed by atoms with van der Waals surface area (Å²) in [6, 6.07) is 19.5. The molecule has 0 aliphatic carbocycles. The molecule has 3 heterocycles. The second-order valence-corrected chi connectivity index (χ2v) is 8.64. The molecule has 0 saturated carbocycles. The van der Waals surface area contributed by atoms with E-state index in [9.17, 15) is 4.79 Å². The molecule has 0 atom stereocenters. The molecule has 2 aromatic carbocycles. The van der Waals surface area contributed by atoms with E-state index >= 15 is 0 Å². The maximum atomic E-state index is 13.8. The highest BCUT2D eigenvalue weighted by atomic mass is 16.5. The Bertz CT molecular complexity index is 1420. The van der Waals surface area contributed by atoms with E-state index in [2.05, 4.69) is 16.0 Å². The van der Waals surface area contributed by atoms with Crippen molar-refractivity contribution in [2.45, 2.75) is 26.2 Å². The predicted octanol–water partition coefficient (Wildman–Crippen LogP) is 5.26. The lowest BCUT2D eigenvalue weighted by Crippen LogP contribution is -2.29. The van der Waals surface area contributed by atoms with Gasteiger partial charge in [-0.2, -0.15) is 0 Å². The second kappa shape index (κ2) is 9.51. The minimum Gasteiger partial charge on any atom is -0.481 e. The Balaban J connectivity index is 1.66. The first-order valence-corrected chi connectivity index (χ1v) is 11.7. The van der Waals surface area contributed by atoms with Gasteiger partial charge >= 0.3 is 0 Å². The Morgan fingerprint density at radius 2 is 1.71 bits per heavy atom. The van der Waals surface area contributed by atoms with Crippen molar-refractivity contribution >= 4 is 28.7 Å². The van der Waals surface area contributed by atoms with E-state index < -0.39 is 0 Å². The molecule has 0 amide bonds. The zero-order chi connectivity index (χ0) is 23.5. The summed E-state index contributed by atoms with van der Waals surface area (Å²) in [6.07, 6.45) is 7.33. The highest BCUT2D eigenvalue weighted by molar-refractivity contribution is 5.83. The van der Waals surface area contributed by atoms with E-state index in [1.54, 1.807) is 17.7 Å². The molecule has 6 heteroatoms. The third kappa shape index (κ3) is 4.44. The summed E-state index contributed by atoms with van der Waals surface area (Å²) in [4.78, 5) is 25.5. The third-order valence-corrected chi connectivity index (χ3v) is 6.22. The molecule has 0 spiro atoms. The minimum absolute atomic E-state index is 0.0762. The number of ether oxygens (including phenoxy) is 1. The average Bonchev–Trinajstić information content (AvgIpc) is 2.88. The number of anilines is 1. The molecule has 4 aromatic rings. The van der Waals surface area contributed by atoms with Crippen LogP contribution in [0.1, 0.15) is 36.3 Å². The Hall–Kier alpha value is -3.93. The number of piperidine rings is 1. The first kappa shape index (κ1) is 21.9. The molecule has 0 bridgehead atoms. The number of aryl methyl sites for hydroxylation is 1. The van der Waals surface area contributed by atoms with Gasteiger partial charge in [0.1, 0.15) is 5.82 Å². The summed E-state index contributed by atoms with van der Waals surface area (Å²) in [5, 5.41) is 0.626. The average molecular weight is 453 g/mol. The van der Waals surface area contributed by atoms with Gasteiger partial charge < -0.3 is 9.64 Å². The Labute approximate surface area is 199 Å². The standard InChI is InChI=1S/C28H28N4O2/c1-20-8-6-10-23(18-20)32-26(15-12-21-9-7-11-27(29-21)34-2)30-25-14-13-22(19-24(25)28(32)33)31-16-4-3-5-17-31/h6-15,18-19H,3-5,16-17H2,1-2H3/b15-12+. The largest absolute Gasteiger partial charge is 0.481 e. The van der Waals surface area contributed by atoms with Crippen LogP contribution in [0.2, 0.25) is 0 Å². The van der Waals surface area contributed by atoms with Crippen LogP contribution in [0, 0.1) is 6.92 Å². The molecule has 1 saturated heterocycles. The van der Waals surface area contributed by atoms with Gasteiger partial charge in [0.2, 0.25) is 5.88 Å². The van der Waals surface area contributed by atoms with Gasteiger partial charge in [0, 0.05) is 24.8 Å². The van der Waals surface area contributed by atoms with Crippen molar-refractivity contribution in [3.8, 4) is 11.6 Å². The quantitative estimate of drug-likeness (QED) is 0.413. The molecular formula is C28H28N4O2. The van der Waals surface area contributed by atoms with Crippen LogP contribution >= 0.6 is 0 Å². The van der Waals surface area contributed by atoms with Crippen molar-refractivity contribution in [1.82, 2.24) is 14.5 Å². The molecule has 172 valence electrons. The van der Waals surface area contributed by atoms with Gasteiger partial charge in [-0.1, -0.05) is 18.2 Å². The van der Waals surface area contributed by atoms with E-state index in [-0.39, 0.29) is 5.56 Å². The summed E-state index contributed by atoms with van der Waals surface area (Å²) < 4.78 is 6.92. The van der Waals surface area contributed by atoms with Crippen molar-refractivity contribution < 1.29 is 4.74 Å². The number of pyridine rings is 1. The molecule has 0 unspecified atom stereocenters. The Kier molecular flexibility index (Phi) is 6.12. The van der Waals surface area contributed by atoms with Crippen molar-refractivity contribution in [2.75, 3.05) is 25.1 Å². The van der Waals surface area contributed by atoms with Crippen LogP contribution in [-0.4, -0.2) is 34.7 Å². The predicted molar refractivity (Wildman–Crippen MR) is 138 cm³/mol. The summed E-state index contributed by atoms with van der Waals surface area (Å²) in [6.45, 7) is 4.08. The molecule has 1 fully saturated rings. The highest BCUT2D eigenvalue weighted by Gasteiger charge is 2.15. The smallest absolute Gasteiger partial charge is 0.266 e. The number of methoxy groups -OCH3 is 1. The van der Waals surface area contributed by atoms with Gasteiger partial charge in [-0.25, -0.2) is 9.97 Å². The molecule has 5 rings (SSSR count). The molecule has 6 nitrogen and oxygen atoms in total. The molecule has 0 radical (unpaired) electrons. The van der Waals surface area contributed by atoms with Gasteiger partial charge in [-0.15, -0.1) is 0 Å². The maximum Gasteiger partial charge on any atom is 0.266 e. The van der Waals surface area contributed by atoms with Crippen molar-refractivity contribution in [3.05, 3.63) is 88.1 Å². The van der Waals surface area contributed by atoms with Crippen LogP contribution in [0.3, 0.4) is 0 Å². The topological polar surface area (TPSA) is 60.2 Å². The van der Waals surface area contributed by atoms with Crippen molar-refractivity contribution in [3.63, 3.8) is 0 Å². The summed E-state index contributed by atoms with van der Waals surface area (Å²) >= 11 is 0. The fraction of sp³-hybridized carbons (Fsp3) is 0.250. The molecule has 0 N–H and O–H groups in total. The normalized spacial score (nSPS) is 14.1. The zero-order valence-electron chi connectivity index (χ0n) is 19.6. The van der Waals surface area contributed by atoms with Crippen LogP contribution in [0.5, 0.6) is 5.88 Å². The van der Waals surface area contributed by atoms with E-state index in [0.717, 1.165) is 35.7 Å². The van der Waals surface area contributed by atoms with Crippen molar-refractivity contribution in [2.24, 2.45) is 0 Å². The third-order valence-electron chi connectivity index (χ3n) is 6.22. The van der Waals surface area contributed by atoms with E-state index in [4.69, 9.17) is 9.72 Å². The fourth-order valence-electron chi connectivity index (χ4n) is 4.47. The second-order valence-electron chi connectivity index (χ2n) is 8.64. The number of benzene rings is 2. The van der Waals surface area contributed by atoms with Gasteiger partial charge in [-0.05, 0) is 80.3 Å². The van der Waals surface area contributed by atoms with E-state index in [1.165, 1.54) is 19.3 Å². The van der Waals surface area contributed by atoms with Gasteiger partial charge in [0.15, 0.2) is 0 Å². The summed E-state index contributed by atoms with van der Waals surface area (Å²) in [5.41, 5.74) is 4.30. The van der Waals surface area contributed by atoms with Crippen LogP contribution in [0.4, 0.5) is 5.69 Å². The highest BCUT2D eigenvalue weighted by Crippen LogP contribution is 2.24.